The van der Waals surface area contributed by atoms with Gasteiger partial charge in [-0.25, -0.2) is 0 Å². The Morgan fingerprint density at radius 2 is 1.77 bits per heavy atom. The second kappa shape index (κ2) is 3.74. The van der Waals surface area contributed by atoms with Crippen LogP contribution in [0, 0.1) is 5.92 Å². The van der Waals surface area contributed by atoms with E-state index in [4.69, 9.17) is 4.74 Å². The molecule has 0 radical (unpaired) electrons. The van der Waals surface area contributed by atoms with Crippen molar-refractivity contribution >= 4 is 5.78 Å². The van der Waals surface area contributed by atoms with Crippen LogP contribution >= 0.6 is 0 Å². The second-order valence-electron chi connectivity index (χ2n) is 3.71. The molecule has 0 aliphatic carbocycles. The highest BCUT2D eigenvalue weighted by atomic mass is 16.5. The summed E-state index contributed by atoms with van der Waals surface area (Å²) in [5.41, 5.74) is 0. The molecule has 0 aromatic carbocycles. The van der Waals surface area contributed by atoms with Crippen LogP contribution in [0.3, 0.4) is 0 Å². The molecule has 1 heterocycles. The van der Waals surface area contributed by atoms with Crippen molar-refractivity contribution in [1.82, 2.24) is 0 Å². The highest BCUT2D eigenvalue weighted by Crippen LogP contribution is 2.26. The molecule has 1 saturated heterocycles. The molecule has 1 aliphatic heterocycles. The molecule has 5 atom stereocenters. The Morgan fingerprint density at radius 1 is 1.23 bits per heavy atom. The maximum absolute atomic E-state index is 11.1. The van der Waals surface area contributed by atoms with Gasteiger partial charge in [0.1, 0.15) is 12.2 Å². The van der Waals surface area contributed by atoms with Gasteiger partial charge in [-0.05, 0) is 13.8 Å². The van der Waals surface area contributed by atoms with E-state index in [1.807, 2.05) is 0 Å². The summed E-state index contributed by atoms with van der Waals surface area (Å²) in [4.78, 5) is 11.1. The van der Waals surface area contributed by atoms with Gasteiger partial charge in [-0.15, -0.1) is 0 Å². The summed E-state index contributed by atoms with van der Waals surface area (Å²) in [7, 11) is 0. The predicted molar refractivity (Wildman–Crippen MR) is 46.2 cm³/mol. The Kier molecular flexibility index (Phi) is 3.05. The van der Waals surface area contributed by atoms with E-state index in [0.717, 1.165) is 0 Å². The van der Waals surface area contributed by atoms with Crippen molar-refractivity contribution in [3.05, 3.63) is 0 Å². The first kappa shape index (κ1) is 10.6. The minimum Gasteiger partial charge on any atom is -0.390 e. The highest BCUT2D eigenvalue weighted by Gasteiger charge is 2.41. The number of ether oxygens (including phenoxy) is 1. The van der Waals surface area contributed by atoms with E-state index >= 15 is 0 Å². The van der Waals surface area contributed by atoms with E-state index in [2.05, 4.69) is 0 Å². The quantitative estimate of drug-likeness (QED) is 0.594. The minimum atomic E-state index is -0.898. The maximum Gasteiger partial charge on any atom is 0.158 e. The van der Waals surface area contributed by atoms with Gasteiger partial charge in [0.05, 0.1) is 12.2 Å². The van der Waals surface area contributed by atoms with Crippen LogP contribution in [0.2, 0.25) is 0 Å². The smallest absolute Gasteiger partial charge is 0.158 e. The lowest BCUT2D eigenvalue weighted by Gasteiger charge is -2.39. The van der Waals surface area contributed by atoms with Gasteiger partial charge in [0, 0.05) is 5.92 Å². The molecular weight excluding hydrogens is 172 g/mol. The lowest BCUT2D eigenvalue weighted by atomic mass is 9.87. The zero-order valence-electron chi connectivity index (χ0n) is 8.10. The third-order valence-corrected chi connectivity index (χ3v) is 2.61. The molecular formula is C9H16O4. The molecule has 13 heavy (non-hydrogen) atoms. The molecule has 0 bridgehead atoms. The van der Waals surface area contributed by atoms with Gasteiger partial charge in [-0.3, -0.25) is 4.79 Å². The van der Waals surface area contributed by atoms with E-state index in [0.29, 0.717) is 0 Å². The van der Waals surface area contributed by atoms with E-state index in [9.17, 15) is 15.0 Å². The largest absolute Gasteiger partial charge is 0.390 e. The molecule has 1 fully saturated rings. The minimum absolute atomic E-state index is 0.106. The molecule has 76 valence electrons. The molecule has 0 saturated carbocycles. The molecule has 4 heteroatoms. The van der Waals surface area contributed by atoms with Gasteiger partial charge < -0.3 is 14.9 Å². The molecule has 0 aromatic rings. The lowest BCUT2D eigenvalue weighted by molar-refractivity contribution is -0.192. The summed E-state index contributed by atoms with van der Waals surface area (Å²) in [6.07, 6.45) is -2.85. The summed E-state index contributed by atoms with van der Waals surface area (Å²) >= 11 is 0. The number of aliphatic hydroxyl groups is 2. The van der Waals surface area contributed by atoms with E-state index in [-0.39, 0.29) is 11.7 Å². The number of carbonyl (C=O) groups excluding carboxylic acids is 1. The SMILES string of the molecule is CC(=O)[C@H]1O[C@@H](C)[C@H](O)[C@@H](O)[C@@H]1C. The first-order valence-corrected chi connectivity index (χ1v) is 4.47. The monoisotopic (exact) mass is 188 g/mol. The Hall–Kier alpha value is -0.450. The fourth-order valence-electron chi connectivity index (χ4n) is 1.67. The second-order valence-corrected chi connectivity index (χ2v) is 3.71. The van der Waals surface area contributed by atoms with Crippen molar-refractivity contribution in [2.75, 3.05) is 0 Å². The first-order chi connectivity index (χ1) is 5.95. The van der Waals surface area contributed by atoms with Crippen molar-refractivity contribution < 1.29 is 19.7 Å². The van der Waals surface area contributed by atoms with Gasteiger partial charge in [0.15, 0.2) is 5.78 Å². The van der Waals surface area contributed by atoms with Crippen LogP contribution in [0.25, 0.3) is 0 Å². The summed E-state index contributed by atoms with van der Waals surface area (Å²) in [5, 5.41) is 19.0. The number of carbonyl (C=O) groups is 1. The number of hydrogen-bond donors (Lipinski definition) is 2. The molecule has 1 aliphatic rings. The van der Waals surface area contributed by atoms with E-state index in [1.165, 1.54) is 6.92 Å². The summed E-state index contributed by atoms with van der Waals surface area (Å²) < 4.78 is 5.28. The lowest BCUT2D eigenvalue weighted by Crippen LogP contribution is -2.54. The molecule has 2 N–H and O–H groups in total. The zero-order valence-corrected chi connectivity index (χ0v) is 8.10. The number of aliphatic hydroxyl groups excluding tert-OH is 2. The molecule has 0 aromatic heterocycles. The molecule has 0 amide bonds. The Morgan fingerprint density at radius 3 is 2.23 bits per heavy atom. The fraction of sp³-hybridized carbons (Fsp3) is 0.889. The first-order valence-electron chi connectivity index (χ1n) is 4.47. The number of rotatable bonds is 1. The molecule has 0 unspecified atom stereocenters. The standard InChI is InChI=1S/C9H16O4/c1-4-7(11)8(12)6(3)13-9(4)5(2)10/h4,6-9,11-12H,1-3H3/t4-,6-,7-,8-,9-/m0/s1. The van der Waals surface area contributed by atoms with Crippen LogP contribution in [0.5, 0.6) is 0 Å². The van der Waals surface area contributed by atoms with E-state index < -0.39 is 24.4 Å². The van der Waals surface area contributed by atoms with E-state index in [1.54, 1.807) is 13.8 Å². The Balaban J connectivity index is 2.76. The van der Waals surface area contributed by atoms with Crippen molar-refractivity contribution in [3.63, 3.8) is 0 Å². The molecule has 1 rings (SSSR count). The van der Waals surface area contributed by atoms with Crippen LogP contribution in [0.4, 0.5) is 0 Å². The number of Topliss-reactive ketones (excluding diaryl/α,β-unsaturated/α-hetero) is 1. The van der Waals surface area contributed by atoms with Crippen molar-refractivity contribution in [3.8, 4) is 0 Å². The Labute approximate surface area is 77.5 Å². The highest BCUT2D eigenvalue weighted by molar-refractivity contribution is 5.81. The molecule has 0 spiro atoms. The fourth-order valence-corrected chi connectivity index (χ4v) is 1.67. The average molecular weight is 188 g/mol. The zero-order chi connectivity index (χ0) is 10.2. The van der Waals surface area contributed by atoms with Gasteiger partial charge in [-0.2, -0.15) is 0 Å². The third kappa shape index (κ3) is 1.90. The van der Waals surface area contributed by atoms with Crippen LogP contribution in [0.15, 0.2) is 0 Å². The van der Waals surface area contributed by atoms with Crippen LogP contribution < -0.4 is 0 Å². The summed E-state index contributed by atoms with van der Waals surface area (Å²) in [6.45, 7) is 4.78. The third-order valence-electron chi connectivity index (χ3n) is 2.61. The van der Waals surface area contributed by atoms with Gasteiger partial charge >= 0.3 is 0 Å². The average Bonchev–Trinajstić information content (AvgIpc) is 2.07. The van der Waals surface area contributed by atoms with Crippen molar-refractivity contribution in [2.24, 2.45) is 5.92 Å². The normalized spacial score (nSPS) is 46.1. The van der Waals surface area contributed by atoms with Gasteiger partial charge in [0.25, 0.3) is 0 Å². The number of ketones is 1. The molecule has 4 nitrogen and oxygen atoms in total. The topological polar surface area (TPSA) is 66.8 Å². The van der Waals surface area contributed by atoms with Crippen LogP contribution in [0.1, 0.15) is 20.8 Å². The van der Waals surface area contributed by atoms with Crippen LogP contribution in [-0.4, -0.2) is 40.4 Å². The van der Waals surface area contributed by atoms with Gasteiger partial charge in [0.2, 0.25) is 0 Å². The summed E-state index contributed by atoms with van der Waals surface area (Å²) in [5.74, 6) is -0.450. The number of hydrogen-bond acceptors (Lipinski definition) is 4. The van der Waals surface area contributed by atoms with Gasteiger partial charge in [-0.1, -0.05) is 6.92 Å². The van der Waals surface area contributed by atoms with Crippen molar-refractivity contribution in [2.45, 2.75) is 45.2 Å². The predicted octanol–water partition coefficient (Wildman–Crippen LogP) is -0.279. The van der Waals surface area contributed by atoms with Crippen LogP contribution in [-0.2, 0) is 9.53 Å². The maximum atomic E-state index is 11.1. The Bertz CT molecular complexity index is 204. The van der Waals surface area contributed by atoms with Crippen molar-refractivity contribution in [1.29, 1.82) is 0 Å². The summed E-state index contributed by atoms with van der Waals surface area (Å²) in [6, 6.07) is 0.